The zero-order valence-electron chi connectivity index (χ0n) is 12.9. The standard InChI is InChI=1S/C18H16N2O3/c1-12-7-13-8-14(11-21)18(22)20(16(13)9-17(12)23-2)10-15-5-3-4-6-19-15/h3-9,11H,10H2,1-2H3. The van der Waals surface area contributed by atoms with Gasteiger partial charge in [-0.1, -0.05) is 6.07 Å². The predicted molar refractivity (Wildman–Crippen MR) is 88.2 cm³/mol. The third kappa shape index (κ3) is 2.73. The fourth-order valence-corrected chi connectivity index (χ4v) is 2.66. The predicted octanol–water partition coefficient (Wildman–Crippen LogP) is 2.57. The largest absolute Gasteiger partial charge is 0.496 e. The Labute approximate surface area is 133 Å². The summed E-state index contributed by atoms with van der Waals surface area (Å²) in [5.74, 6) is 0.700. The van der Waals surface area contributed by atoms with E-state index in [0.717, 1.165) is 16.6 Å². The van der Waals surface area contributed by atoms with E-state index in [2.05, 4.69) is 4.98 Å². The van der Waals surface area contributed by atoms with E-state index in [1.807, 2.05) is 37.3 Å². The number of aromatic nitrogens is 2. The number of aldehydes is 1. The van der Waals surface area contributed by atoms with Crippen molar-refractivity contribution in [2.24, 2.45) is 0 Å². The van der Waals surface area contributed by atoms with E-state index >= 15 is 0 Å². The molecule has 0 atom stereocenters. The van der Waals surface area contributed by atoms with Crippen molar-refractivity contribution in [3.05, 3.63) is 69.8 Å². The molecule has 0 radical (unpaired) electrons. The Balaban J connectivity index is 2.30. The molecule has 1 aromatic carbocycles. The number of carbonyl (C=O) groups is 1. The van der Waals surface area contributed by atoms with Crippen molar-refractivity contribution in [2.45, 2.75) is 13.5 Å². The normalized spacial score (nSPS) is 10.7. The van der Waals surface area contributed by atoms with Crippen LogP contribution in [0.3, 0.4) is 0 Å². The van der Waals surface area contributed by atoms with Crippen LogP contribution in [0.25, 0.3) is 10.9 Å². The summed E-state index contributed by atoms with van der Waals surface area (Å²) in [6, 6.07) is 10.9. The molecule has 5 heteroatoms. The van der Waals surface area contributed by atoms with Gasteiger partial charge in [-0.2, -0.15) is 0 Å². The van der Waals surface area contributed by atoms with Gasteiger partial charge < -0.3 is 9.30 Å². The number of carbonyl (C=O) groups excluding carboxylic acids is 1. The lowest BCUT2D eigenvalue weighted by Crippen LogP contribution is -2.24. The van der Waals surface area contributed by atoms with E-state index in [-0.39, 0.29) is 11.1 Å². The molecule has 0 fully saturated rings. The van der Waals surface area contributed by atoms with Gasteiger partial charge in [0.2, 0.25) is 0 Å². The number of pyridine rings is 2. The van der Waals surface area contributed by atoms with Crippen molar-refractivity contribution >= 4 is 17.2 Å². The highest BCUT2D eigenvalue weighted by molar-refractivity contribution is 5.87. The van der Waals surface area contributed by atoms with E-state index in [1.54, 1.807) is 23.9 Å². The lowest BCUT2D eigenvalue weighted by molar-refractivity contribution is 0.112. The molecule has 0 saturated heterocycles. The van der Waals surface area contributed by atoms with Crippen LogP contribution in [0.15, 0.2) is 47.4 Å². The van der Waals surface area contributed by atoms with Crippen LogP contribution >= 0.6 is 0 Å². The summed E-state index contributed by atoms with van der Waals surface area (Å²) >= 11 is 0. The molecular weight excluding hydrogens is 292 g/mol. The molecule has 0 aliphatic heterocycles. The Bertz CT molecular complexity index is 930. The summed E-state index contributed by atoms with van der Waals surface area (Å²) in [6.45, 7) is 2.22. The molecule has 0 bridgehead atoms. The highest BCUT2D eigenvalue weighted by Crippen LogP contribution is 2.25. The monoisotopic (exact) mass is 308 g/mol. The van der Waals surface area contributed by atoms with Gasteiger partial charge in [-0.3, -0.25) is 14.6 Å². The third-order valence-electron chi connectivity index (χ3n) is 3.81. The maximum Gasteiger partial charge on any atom is 0.261 e. The number of methoxy groups -OCH3 is 1. The zero-order chi connectivity index (χ0) is 16.4. The third-order valence-corrected chi connectivity index (χ3v) is 3.81. The van der Waals surface area contributed by atoms with Crippen molar-refractivity contribution in [3.63, 3.8) is 0 Å². The van der Waals surface area contributed by atoms with Gasteiger partial charge in [-0.15, -0.1) is 0 Å². The van der Waals surface area contributed by atoms with E-state index < -0.39 is 0 Å². The zero-order valence-corrected chi connectivity index (χ0v) is 12.9. The number of benzene rings is 1. The van der Waals surface area contributed by atoms with Crippen molar-refractivity contribution in [2.75, 3.05) is 7.11 Å². The number of rotatable bonds is 4. The summed E-state index contributed by atoms with van der Waals surface area (Å²) in [4.78, 5) is 28.1. The molecule has 0 aliphatic carbocycles. The van der Waals surface area contributed by atoms with Gasteiger partial charge in [0, 0.05) is 12.3 Å². The molecule has 0 N–H and O–H groups in total. The van der Waals surface area contributed by atoms with Crippen LogP contribution in [-0.4, -0.2) is 22.9 Å². The van der Waals surface area contributed by atoms with Crippen molar-refractivity contribution in [1.82, 2.24) is 9.55 Å². The number of aryl methyl sites for hydroxylation is 1. The minimum atomic E-state index is -0.330. The highest BCUT2D eigenvalue weighted by Gasteiger charge is 2.12. The van der Waals surface area contributed by atoms with Crippen molar-refractivity contribution < 1.29 is 9.53 Å². The van der Waals surface area contributed by atoms with Crippen LogP contribution in [-0.2, 0) is 6.54 Å². The van der Waals surface area contributed by atoms with Gasteiger partial charge in [0.05, 0.1) is 30.4 Å². The molecule has 3 rings (SSSR count). The van der Waals surface area contributed by atoms with E-state index in [0.29, 0.717) is 24.1 Å². The van der Waals surface area contributed by atoms with Gasteiger partial charge >= 0.3 is 0 Å². The summed E-state index contributed by atoms with van der Waals surface area (Å²) < 4.78 is 6.91. The van der Waals surface area contributed by atoms with Crippen molar-refractivity contribution in [1.29, 1.82) is 0 Å². The van der Waals surface area contributed by atoms with Crippen LogP contribution in [0.5, 0.6) is 5.75 Å². The minimum absolute atomic E-state index is 0.137. The van der Waals surface area contributed by atoms with Crippen LogP contribution < -0.4 is 10.3 Å². The highest BCUT2D eigenvalue weighted by atomic mass is 16.5. The fourth-order valence-electron chi connectivity index (χ4n) is 2.66. The number of fused-ring (bicyclic) bond motifs is 1. The van der Waals surface area contributed by atoms with Crippen LogP contribution in [0, 0.1) is 6.92 Å². The lowest BCUT2D eigenvalue weighted by atomic mass is 10.1. The SMILES string of the molecule is COc1cc2c(cc1C)cc(C=O)c(=O)n2Cc1ccccn1. The van der Waals surface area contributed by atoms with Gasteiger partial charge in [-0.25, -0.2) is 0 Å². The quantitative estimate of drug-likeness (QED) is 0.695. The number of nitrogens with zero attached hydrogens (tertiary/aromatic N) is 2. The van der Waals surface area contributed by atoms with Gasteiger partial charge in [0.1, 0.15) is 5.75 Å². The molecule has 116 valence electrons. The molecular formula is C18H16N2O3. The van der Waals surface area contributed by atoms with Gasteiger partial charge in [0.15, 0.2) is 6.29 Å². The lowest BCUT2D eigenvalue weighted by Gasteiger charge is -2.13. The number of ether oxygens (including phenoxy) is 1. The average molecular weight is 308 g/mol. The maximum atomic E-state index is 12.6. The minimum Gasteiger partial charge on any atom is -0.496 e. The molecule has 0 saturated carbocycles. The number of hydrogen-bond acceptors (Lipinski definition) is 4. The average Bonchev–Trinajstić information content (AvgIpc) is 2.57. The smallest absolute Gasteiger partial charge is 0.261 e. The fraction of sp³-hybridized carbons (Fsp3) is 0.167. The molecule has 3 aromatic rings. The summed E-state index contributed by atoms with van der Waals surface area (Å²) in [5.41, 5.74) is 2.22. The second-order valence-electron chi connectivity index (χ2n) is 5.31. The van der Waals surface area contributed by atoms with Gasteiger partial charge in [-0.05, 0) is 42.1 Å². The molecule has 5 nitrogen and oxygen atoms in total. The Morgan fingerprint density at radius 3 is 2.74 bits per heavy atom. The van der Waals surface area contributed by atoms with E-state index in [9.17, 15) is 9.59 Å². The molecule has 0 aliphatic rings. The second-order valence-corrected chi connectivity index (χ2v) is 5.31. The summed E-state index contributed by atoms with van der Waals surface area (Å²) in [5, 5.41) is 0.820. The molecule has 0 unspecified atom stereocenters. The second kappa shape index (κ2) is 6.04. The summed E-state index contributed by atoms with van der Waals surface area (Å²) in [6.07, 6.45) is 2.27. The first-order chi connectivity index (χ1) is 11.1. The molecule has 2 aromatic heterocycles. The van der Waals surface area contributed by atoms with Gasteiger partial charge in [0.25, 0.3) is 5.56 Å². The Kier molecular flexibility index (Phi) is 3.93. The van der Waals surface area contributed by atoms with E-state index in [1.165, 1.54) is 0 Å². The first kappa shape index (κ1) is 15.0. The maximum absolute atomic E-state index is 12.6. The first-order valence-corrected chi connectivity index (χ1v) is 7.21. The van der Waals surface area contributed by atoms with Crippen molar-refractivity contribution in [3.8, 4) is 5.75 Å². The van der Waals surface area contributed by atoms with E-state index in [4.69, 9.17) is 4.74 Å². The summed E-state index contributed by atoms with van der Waals surface area (Å²) in [7, 11) is 1.59. The van der Waals surface area contributed by atoms with Crippen LogP contribution in [0.4, 0.5) is 0 Å². The Morgan fingerprint density at radius 2 is 2.09 bits per heavy atom. The Hall–Kier alpha value is -2.95. The molecule has 2 heterocycles. The van der Waals surface area contributed by atoms with Crippen LogP contribution in [0.1, 0.15) is 21.6 Å². The Morgan fingerprint density at radius 1 is 1.26 bits per heavy atom. The number of hydrogen-bond donors (Lipinski definition) is 0. The molecule has 0 amide bonds. The van der Waals surface area contributed by atoms with Crippen LogP contribution in [0.2, 0.25) is 0 Å². The molecule has 23 heavy (non-hydrogen) atoms. The topological polar surface area (TPSA) is 61.2 Å². The first-order valence-electron chi connectivity index (χ1n) is 7.21. The molecule has 0 spiro atoms.